The van der Waals surface area contributed by atoms with Gasteiger partial charge in [-0.3, -0.25) is 0 Å². The number of nitrogens with one attached hydrogen (secondary N) is 1. The first-order valence-electron chi connectivity index (χ1n) is 4.11. The van der Waals surface area contributed by atoms with Gasteiger partial charge in [0.25, 0.3) is 0 Å². The van der Waals surface area contributed by atoms with E-state index in [2.05, 4.69) is 35.3 Å². The highest BCUT2D eigenvalue weighted by atomic mass is 14.6. The van der Waals surface area contributed by atoms with Gasteiger partial charge in [0.2, 0.25) is 0 Å². The number of aromatic nitrogens is 1. The van der Waals surface area contributed by atoms with E-state index >= 15 is 0 Å². The first kappa shape index (κ1) is 7.17. The molecule has 12 heavy (non-hydrogen) atoms. The summed E-state index contributed by atoms with van der Waals surface area (Å²) in [5, 5.41) is 0. The van der Waals surface area contributed by atoms with Crippen molar-refractivity contribution in [2.24, 2.45) is 0 Å². The predicted octanol–water partition coefficient (Wildman–Crippen LogP) is 2.61. The average molecular weight is 157 g/mol. The van der Waals surface area contributed by atoms with Crippen LogP contribution >= 0.6 is 0 Å². The average Bonchev–Trinajstić information content (AvgIpc) is 2.59. The molecular formula is C11H11N. The van der Waals surface area contributed by atoms with Crippen LogP contribution in [0.4, 0.5) is 0 Å². The zero-order chi connectivity index (χ0) is 8.23. The van der Waals surface area contributed by atoms with Crippen molar-refractivity contribution in [2.75, 3.05) is 0 Å². The third kappa shape index (κ3) is 1.56. The Morgan fingerprint density at radius 2 is 1.75 bits per heavy atom. The van der Waals surface area contributed by atoms with Gasteiger partial charge in [0, 0.05) is 12.4 Å². The van der Waals surface area contributed by atoms with Crippen molar-refractivity contribution in [3.05, 3.63) is 59.9 Å². The standard InChI is InChI=1S/C11H11N/c1-2-4-10(5-3-1)8-11-6-7-12-9-11/h1-7,9,12H,8H2. The summed E-state index contributed by atoms with van der Waals surface area (Å²) in [4.78, 5) is 3.05. The number of aromatic amines is 1. The van der Waals surface area contributed by atoms with Crippen LogP contribution in [0.15, 0.2) is 48.8 Å². The molecule has 2 aromatic rings. The van der Waals surface area contributed by atoms with Crippen LogP contribution in [-0.4, -0.2) is 4.98 Å². The summed E-state index contributed by atoms with van der Waals surface area (Å²) < 4.78 is 0. The molecule has 60 valence electrons. The summed E-state index contributed by atoms with van der Waals surface area (Å²) in [5.41, 5.74) is 2.69. The lowest BCUT2D eigenvalue weighted by Gasteiger charge is -1.96. The van der Waals surface area contributed by atoms with Gasteiger partial charge in [0.15, 0.2) is 0 Å². The molecule has 0 aliphatic heterocycles. The summed E-state index contributed by atoms with van der Waals surface area (Å²) >= 11 is 0. The molecule has 0 aliphatic rings. The summed E-state index contributed by atoms with van der Waals surface area (Å²) in [6, 6.07) is 12.6. The lowest BCUT2D eigenvalue weighted by molar-refractivity contribution is 1.20. The SMILES string of the molecule is c1ccc(Cc2cc[nH]c2)cc1. The first-order chi connectivity index (χ1) is 5.95. The van der Waals surface area contributed by atoms with Crippen LogP contribution in [0.1, 0.15) is 11.1 Å². The van der Waals surface area contributed by atoms with Gasteiger partial charge in [-0.1, -0.05) is 30.3 Å². The number of H-pyrrole nitrogens is 1. The topological polar surface area (TPSA) is 15.8 Å². The van der Waals surface area contributed by atoms with Gasteiger partial charge in [-0.05, 0) is 23.6 Å². The Balaban J connectivity index is 2.15. The molecule has 0 amide bonds. The van der Waals surface area contributed by atoms with Crippen LogP contribution < -0.4 is 0 Å². The minimum atomic E-state index is 1.02. The first-order valence-corrected chi connectivity index (χ1v) is 4.11. The fourth-order valence-corrected chi connectivity index (χ4v) is 1.30. The second kappa shape index (κ2) is 3.26. The van der Waals surface area contributed by atoms with Crippen LogP contribution in [0, 0.1) is 0 Å². The van der Waals surface area contributed by atoms with Gasteiger partial charge in [0.1, 0.15) is 0 Å². The molecule has 0 radical (unpaired) electrons. The molecule has 1 N–H and O–H groups in total. The summed E-state index contributed by atoms with van der Waals surface area (Å²) in [7, 11) is 0. The highest BCUT2D eigenvalue weighted by Crippen LogP contribution is 2.07. The molecule has 0 unspecified atom stereocenters. The zero-order valence-corrected chi connectivity index (χ0v) is 6.83. The molecule has 1 aromatic heterocycles. The van der Waals surface area contributed by atoms with Crippen molar-refractivity contribution in [1.29, 1.82) is 0 Å². The molecular weight excluding hydrogens is 146 g/mol. The van der Waals surface area contributed by atoms with E-state index in [0.29, 0.717) is 0 Å². The van der Waals surface area contributed by atoms with E-state index in [1.54, 1.807) is 0 Å². The molecule has 2 rings (SSSR count). The van der Waals surface area contributed by atoms with Crippen LogP contribution in [0.3, 0.4) is 0 Å². The Hall–Kier alpha value is -1.50. The van der Waals surface area contributed by atoms with Gasteiger partial charge in [-0.15, -0.1) is 0 Å². The van der Waals surface area contributed by atoms with Crippen molar-refractivity contribution in [1.82, 2.24) is 4.98 Å². The van der Waals surface area contributed by atoms with Crippen LogP contribution in [0.25, 0.3) is 0 Å². The Morgan fingerprint density at radius 3 is 2.42 bits per heavy atom. The molecule has 0 saturated heterocycles. The molecule has 0 bridgehead atoms. The summed E-state index contributed by atoms with van der Waals surface area (Å²) in [6.07, 6.45) is 5.01. The lowest BCUT2D eigenvalue weighted by Crippen LogP contribution is -1.83. The number of benzene rings is 1. The molecule has 1 heterocycles. The Labute approximate surface area is 72.1 Å². The summed E-state index contributed by atoms with van der Waals surface area (Å²) in [6.45, 7) is 0. The van der Waals surface area contributed by atoms with Crippen molar-refractivity contribution in [2.45, 2.75) is 6.42 Å². The monoisotopic (exact) mass is 157 g/mol. The smallest absolute Gasteiger partial charge is 0.00407 e. The molecule has 0 aliphatic carbocycles. The van der Waals surface area contributed by atoms with Crippen LogP contribution in [0.2, 0.25) is 0 Å². The normalized spacial score (nSPS) is 10.0. The van der Waals surface area contributed by atoms with Gasteiger partial charge < -0.3 is 4.98 Å². The van der Waals surface area contributed by atoms with E-state index in [9.17, 15) is 0 Å². The van der Waals surface area contributed by atoms with E-state index in [1.807, 2.05) is 18.5 Å². The van der Waals surface area contributed by atoms with E-state index in [1.165, 1.54) is 11.1 Å². The Bertz CT molecular complexity index is 321. The third-order valence-corrected chi connectivity index (χ3v) is 1.91. The molecule has 0 fully saturated rings. The van der Waals surface area contributed by atoms with E-state index in [0.717, 1.165) is 6.42 Å². The number of rotatable bonds is 2. The minimum Gasteiger partial charge on any atom is -0.367 e. The number of hydrogen-bond donors (Lipinski definition) is 1. The second-order valence-electron chi connectivity index (χ2n) is 2.88. The lowest BCUT2D eigenvalue weighted by atomic mass is 10.1. The zero-order valence-electron chi connectivity index (χ0n) is 6.83. The second-order valence-corrected chi connectivity index (χ2v) is 2.88. The highest BCUT2D eigenvalue weighted by molar-refractivity contribution is 5.23. The predicted molar refractivity (Wildman–Crippen MR) is 50.0 cm³/mol. The molecule has 0 spiro atoms. The maximum absolute atomic E-state index is 3.05. The third-order valence-electron chi connectivity index (χ3n) is 1.91. The number of hydrogen-bond acceptors (Lipinski definition) is 0. The van der Waals surface area contributed by atoms with Crippen molar-refractivity contribution >= 4 is 0 Å². The molecule has 1 heteroatoms. The summed E-state index contributed by atoms with van der Waals surface area (Å²) in [5.74, 6) is 0. The molecule has 0 saturated carbocycles. The van der Waals surface area contributed by atoms with Crippen molar-refractivity contribution < 1.29 is 0 Å². The largest absolute Gasteiger partial charge is 0.367 e. The van der Waals surface area contributed by atoms with Gasteiger partial charge in [-0.25, -0.2) is 0 Å². The van der Waals surface area contributed by atoms with Gasteiger partial charge >= 0.3 is 0 Å². The maximum Gasteiger partial charge on any atom is 0.00407 e. The van der Waals surface area contributed by atoms with E-state index in [-0.39, 0.29) is 0 Å². The molecule has 0 atom stereocenters. The van der Waals surface area contributed by atoms with Gasteiger partial charge in [0.05, 0.1) is 0 Å². The Morgan fingerprint density at radius 1 is 0.917 bits per heavy atom. The minimum absolute atomic E-state index is 1.02. The van der Waals surface area contributed by atoms with E-state index < -0.39 is 0 Å². The van der Waals surface area contributed by atoms with Crippen molar-refractivity contribution in [3.63, 3.8) is 0 Å². The van der Waals surface area contributed by atoms with Gasteiger partial charge in [-0.2, -0.15) is 0 Å². The molecule has 1 aromatic carbocycles. The highest BCUT2D eigenvalue weighted by Gasteiger charge is 1.93. The quantitative estimate of drug-likeness (QED) is 0.689. The fourth-order valence-electron chi connectivity index (χ4n) is 1.30. The molecule has 1 nitrogen and oxygen atoms in total. The van der Waals surface area contributed by atoms with E-state index in [4.69, 9.17) is 0 Å². The maximum atomic E-state index is 3.05. The van der Waals surface area contributed by atoms with Crippen molar-refractivity contribution in [3.8, 4) is 0 Å². The Kier molecular flexibility index (Phi) is 1.95. The fraction of sp³-hybridized carbons (Fsp3) is 0.0909. The van der Waals surface area contributed by atoms with Crippen LogP contribution in [-0.2, 0) is 6.42 Å². The van der Waals surface area contributed by atoms with Crippen LogP contribution in [0.5, 0.6) is 0 Å².